The molecule has 4 aliphatic carbocycles. The van der Waals surface area contributed by atoms with E-state index in [1.807, 2.05) is 13.8 Å². The van der Waals surface area contributed by atoms with Crippen molar-refractivity contribution in [1.82, 2.24) is 10.6 Å². The number of hydrogen-bond acceptors (Lipinski definition) is 2. The fraction of sp³-hybridized carbons (Fsp3) is 0.652. The number of carbonyl (C=O) groups excluding carboxylic acids is 2. The Hall–Kier alpha value is -1.91. The van der Waals surface area contributed by atoms with E-state index in [0.717, 1.165) is 17.8 Å². The molecule has 152 valence electrons. The van der Waals surface area contributed by atoms with Crippen molar-refractivity contribution < 1.29 is 14.0 Å². The molecule has 0 spiro atoms. The maximum Gasteiger partial charge on any atom is 0.254 e. The van der Waals surface area contributed by atoms with Crippen LogP contribution >= 0.6 is 0 Å². The number of rotatable bonds is 6. The van der Waals surface area contributed by atoms with Crippen LogP contribution in [0.3, 0.4) is 0 Å². The van der Waals surface area contributed by atoms with Gasteiger partial charge in [-0.3, -0.25) is 9.59 Å². The van der Waals surface area contributed by atoms with Crippen molar-refractivity contribution in [2.24, 2.45) is 29.1 Å². The molecule has 0 unspecified atom stereocenters. The summed E-state index contributed by atoms with van der Waals surface area (Å²) < 4.78 is 13.9. The van der Waals surface area contributed by atoms with Crippen molar-refractivity contribution in [1.29, 1.82) is 0 Å². The molecule has 0 aromatic heterocycles. The molecule has 5 rings (SSSR count). The minimum absolute atomic E-state index is 0.0259. The lowest BCUT2D eigenvalue weighted by atomic mass is 9.49. The van der Waals surface area contributed by atoms with Crippen LogP contribution in [0.5, 0.6) is 0 Å². The number of hydrogen-bond donors (Lipinski definition) is 2. The first-order valence-corrected chi connectivity index (χ1v) is 10.7. The van der Waals surface area contributed by atoms with E-state index in [1.165, 1.54) is 50.7 Å². The smallest absolute Gasteiger partial charge is 0.254 e. The topological polar surface area (TPSA) is 58.2 Å². The highest BCUT2D eigenvalue weighted by Crippen LogP contribution is 2.59. The van der Waals surface area contributed by atoms with Gasteiger partial charge >= 0.3 is 0 Å². The van der Waals surface area contributed by atoms with Gasteiger partial charge in [0, 0.05) is 6.54 Å². The van der Waals surface area contributed by atoms with E-state index < -0.39 is 17.8 Å². The van der Waals surface area contributed by atoms with Crippen LogP contribution < -0.4 is 10.6 Å². The Morgan fingerprint density at radius 1 is 1.07 bits per heavy atom. The summed E-state index contributed by atoms with van der Waals surface area (Å²) >= 11 is 0. The third-order valence-electron chi connectivity index (χ3n) is 7.16. The zero-order valence-electron chi connectivity index (χ0n) is 16.8. The molecule has 1 aromatic carbocycles. The van der Waals surface area contributed by atoms with Gasteiger partial charge in [0.2, 0.25) is 5.91 Å². The van der Waals surface area contributed by atoms with Crippen LogP contribution in [0.15, 0.2) is 24.3 Å². The molecule has 5 heteroatoms. The molecule has 2 amide bonds. The van der Waals surface area contributed by atoms with Crippen molar-refractivity contribution in [3.8, 4) is 0 Å². The SMILES string of the molecule is CC(C)[C@@H](NC(=O)c1ccccc1F)C(=O)NCC12CC3CC(CC(C3)C1)C2. The molecular weight excluding hydrogens is 355 g/mol. The van der Waals surface area contributed by atoms with Gasteiger partial charge in [-0.05, 0) is 79.7 Å². The Morgan fingerprint density at radius 2 is 1.64 bits per heavy atom. The summed E-state index contributed by atoms with van der Waals surface area (Å²) in [6.07, 6.45) is 7.81. The Kier molecular flexibility index (Phi) is 5.19. The highest BCUT2D eigenvalue weighted by Gasteiger charge is 2.50. The number of halogens is 1. The van der Waals surface area contributed by atoms with E-state index in [9.17, 15) is 14.0 Å². The number of amides is 2. The van der Waals surface area contributed by atoms with Gasteiger partial charge < -0.3 is 10.6 Å². The van der Waals surface area contributed by atoms with Crippen molar-refractivity contribution >= 4 is 11.8 Å². The molecule has 2 N–H and O–H groups in total. The lowest BCUT2D eigenvalue weighted by molar-refractivity contribution is -0.126. The minimum Gasteiger partial charge on any atom is -0.354 e. The predicted octanol–water partition coefficient (Wildman–Crippen LogP) is 3.91. The van der Waals surface area contributed by atoms with Crippen molar-refractivity contribution in [2.45, 2.75) is 58.4 Å². The Balaban J connectivity index is 1.39. The monoisotopic (exact) mass is 386 g/mol. The molecule has 0 saturated heterocycles. The lowest BCUT2D eigenvalue weighted by Crippen LogP contribution is -2.55. The number of carbonyl (C=O) groups is 2. The molecule has 0 heterocycles. The van der Waals surface area contributed by atoms with Gasteiger partial charge in [-0.15, -0.1) is 0 Å². The first-order chi connectivity index (χ1) is 13.3. The molecule has 4 fully saturated rings. The van der Waals surface area contributed by atoms with Gasteiger partial charge in [-0.25, -0.2) is 4.39 Å². The second kappa shape index (κ2) is 7.49. The van der Waals surface area contributed by atoms with E-state index in [1.54, 1.807) is 12.1 Å². The summed E-state index contributed by atoms with van der Waals surface area (Å²) in [4.78, 5) is 25.4. The van der Waals surface area contributed by atoms with Crippen LogP contribution in [0.1, 0.15) is 62.7 Å². The molecule has 0 aliphatic heterocycles. The molecular formula is C23H31FN2O2. The maximum atomic E-state index is 13.9. The maximum absolute atomic E-state index is 13.9. The number of benzene rings is 1. The summed E-state index contributed by atoms with van der Waals surface area (Å²) in [7, 11) is 0. The second-order valence-corrected chi connectivity index (χ2v) is 9.81. The van der Waals surface area contributed by atoms with Gasteiger partial charge in [0.05, 0.1) is 5.56 Å². The lowest BCUT2D eigenvalue weighted by Gasteiger charge is -2.57. The third-order valence-corrected chi connectivity index (χ3v) is 7.16. The number of nitrogens with one attached hydrogen (secondary N) is 2. The zero-order valence-corrected chi connectivity index (χ0v) is 16.8. The van der Waals surface area contributed by atoms with Crippen LogP contribution in [-0.2, 0) is 4.79 Å². The Labute approximate surface area is 166 Å². The average Bonchev–Trinajstić information content (AvgIpc) is 2.63. The van der Waals surface area contributed by atoms with E-state index in [4.69, 9.17) is 0 Å². The summed E-state index contributed by atoms with van der Waals surface area (Å²) in [5, 5.41) is 5.89. The van der Waals surface area contributed by atoms with Crippen molar-refractivity contribution in [2.75, 3.05) is 6.54 Å². The van der Waals surface area contributed by atoms with E-state index in [2.05, 4.69) is 10.6 Å². The van der Waals surface area contributed by atoms with Crippen LogP contribution in [0, 0.1) is 34.9 Å². The van der Waals surface area contributed by atoms with Gasteiger partial charge in [0.15, 0.2) is 0 Å². The first kappa shape index (κ1) is 19.4. The fourth-order valence-electron chi connectivity index (χ4n) is 6.29. The Morgan fingerprint density at radius 3 is 2.18 bits per heavy atom. The molecule has 4 nitrogen and oxygen atoms in total. The van der Waals surface area contributed by atoms with E-state index >= 15 is 0 Å². The first-order valence-electron chi connectivity index (χ1n) is 10.7. The fourth-order valence-corrected chi connectivity index (χ4v) is 6.29. The molecule has 1 aromatic rings. The summed E-state index contributed by atoms with van der Waals surface area (Å²) in [5.41, 5.74) is 0.226. The normalized spacial score (nSPS) is 31.6. The van der Waals surface area contributed by atoms with Crippen LogP contribution in [0.2, 0.25) is 0 Å². The molecule has 4 saturated carbocycles. The third kappa shape index (κ3) is 3.81. The molecule has 4 bridgehead atoms. The van der Waals surface area contributed by atoms with Gasteiger partial charge in [0.1, 0.15) is 11.9 Å². The summed E-state index contributed by atoms with van der Waals surface area (Å²) in [6, 6.07) is 5.20. The van der Waals surface area contributed by atoms with Gasteiger partial charge in [-0.1, -0.05) is 26.0 Å². The van der Waals surface area contributed by atoms with Gasteiger partial charge in [-0.2, -0.15) is 0 Å². The van der Waals surface area contributed by atoms with Crippen molar-refractivity contribution in [3.05, 3.63) is 35.6 Å². The Bertz CT molecular complexity index is 725. The standard InChI is InChI=1S/C23H31FN2O2/c1-14(2)20(26-21(27)18-5-3-4-6-19(18)24)22(28)25-13-23-10-15-7-16(11-23)9-17(8-15)12-23/h3-6,14-17,20H,7-13H2,1-2H3,(H,25,28)(H,26,27)/t15?,16?,17?,20-,23?/m1/s1. The molecule has 1 atom stereocenters. The zero-order chi connectivity index (χ0) is 19.9. The van der Waals surface area contributed by atoms with E-state index in [0.29, 0.717) is 6.54 Å². The van der Waals surface area contributed by atoms with Crippen LogP contribution in [-0.4, -0.2) is 24.4 Å². The van der Waals surface area contributed by atoms with Crippen LogP contribution in [0.4, 0.5) is 4.39 Å². The highest BCUT2D eigenvalue weighted by atomic mass is 19.1. The largest absolute Gasteiger partial charge is 0.354 e. The van der Waals surface area contributed by atoms with Crippen molar-refractivity contribution in [3.63, 3.8) is 0 Å². The summed E-state index contributed by atoms with van der Waals surface area (Å²) in [5.74, 6) is 1.17. The van der Waals surface area contributed by atoms with Crippen LogP contribution in [0.25, 0.3) is 0 Å². The van der Waals surface area contributed by atoms with E-state index in [-0.39, 0.29) is 22.8 Å². The highest BCUT2D eigenvalue weighted by molar-refractivity contribution is 5.97. The molecule has 4 aliphatic rings. The molecule has 28 heavy (non-hydrogen) atoms. The summed E-state index contributed by atoms with van der Waals surface area (Å²) in [6.45, 7) is 4.50. The second-order valence-electron chi connectivity index (χ2n) is 9.81. The predicted molar refractivity (Wildman–Crippen MR) is 106 cm³/mol. The average molecular weight is 387 g/mol. The quantitative estimate of drug-likeness (QED) is 0.779. The minimum atomic E-state index is -0.666. The van der Waals surface area contributed by atoms with Gasteiger partial charge in [0.25, 0.3) is 5.91 Å². The molecule has 0 radical (unpaired) electrons.